The molecule has 24 heavy (non-hydrogen) atoms. The van der Waals surface area contributed by atoms with Crippen molar-refractivity contribution in [2.24, 2.45) is 0 Å². The lowest BCUT2D eigenvalue weighted by Crippen LogP contribution is -2.51. The van der Waals surface area contributed by atoms with Gasteiger partial charge in [0.2, 0.25) is 11.8 Å². The monoisotopic (exact) mass is 331 g/mol. The van der Waals surface area contributed by atoms with Crippen molar-refractivity contribution in [3.05, 3.63) is 24.3 Å². The average Bonchev–Trinajstić information content (AvgIpc) is 2.57. The third-order valence-corrected chi connectivity index (χ3v) is 4.26. The van der Waals surface area contributed by atoms with E-state index in [1.807, 2.05) is 12.1 Å². The number of nitrogens with one attached hydrogen (secondary N) is 2. The Morgan fingerprint density at radius 1 is 1.38 bits per heavy atom. The van der Waals surface area contributed by atoms with Crippen LogP contribution in [0.5, 0.6) is 5.75 Å². The van der Waals surface area contributed by atoms with E-state index >= 15 is 0 Å². The van der Waals surface area contributed by atoms with Gasteiger partial charge in [0.05, 0.1) is 5.69 Å². The molecule has 0 unspecified atom stereocenters. The van der Waals surface area contributed by atoms with Crippen LogP contribution in [-0.2, 0) is 14.4 Å². The summed E-state index contributed by atoms with van der Waals surface area (Å²) >= 11 is 0. The van der Waals surface area contributed by atoms with Gasteiger partial charge in [0.1, 0.15) is 11.8 Å². The summed E-state index contributed by atoms with van der Waals surface area (Å²) in [5, 5.41) is 5.47. The van der Waals surface area contributed by atoms with Gasteiger partial charge in [0.15, 0.2) is 6.10 Å². The maximum absolute atomic E-state index is 12.3. The molecule has 1 saturated heterocycles. The average molecular weight is 331 g/mol. The van der Waals surface area contributed by atoms with Crippen LogP contribution in [-0.4, -0.2) is 43.0 Å². The van der Waals surface area contributed by atoms with Gasteiger partial charge in [-0.3, -0.25) is 14.4 Å². The summed E-state index contributed by atoms with van der Waals surface area (Å²) in [6, 6.07) is 6.79. The predicted octanol–water partition coefficient (Wildman–Crippen LogP) is 0.585. The van der Waals surface area contributed by atoms with Crippen LogP contribution in [0.2, 0.25) is 0 Å². The number of rotatable bonds is 4. The summed E-state index contributed by atoms with van der Waals surface area (Å²) in [5.74, 6) is 0.0890. The summed E-state index contributed by atoms with van der Waals surface area (Å²) in [7, 11) is 0. The molecule has 7 heteroatoms. The van der Waals surface area contributed by atoms with Gasteiger partial charge in [0, 0.05) is 19.5 Å². The van der Waals surface area contributed by atoms with E-state index < -0.39 is 12.1 Å². The lowest BCUT2D eigenvalue weighted by atomic mass is 10.1. The second-order valence-corrected chi connectivity index (χ2v) is 6.02. The SMILES string of the molecule is C[C@H]1Oc2ccccc2N(CCC(=O)N[C@H]2CCCNC2=O)C1=O. The fraction of sp³-hybridized carbons (Fsp3) is 0.471. The van der Waals surface area contributed by atoms with E-state index in [-0.39, 0.29) is 30.7 Å². The van der Waals surface area contributed by atoms with Crippen LogP contribution in [0.15, 0.2) is 24.3 Å². The first-order chi connectivity index (χ1) is 11.6. The van der Waals surface area contributed by atoms with Crippen LogP contribution in [0.25, 0.3) is 0 Å². The molecule has 2 N–H and O–H groups in total. The fourth-order valence-corrected chi connectivity index (χ4v) is 2.98. The fourth-order valence-electron chi connectivity index (χ4n) is 2.98. The van der Waals surface area contributed by atoms with Crippen LogP contribution in [0, 0.1) is 0 Å². The molecule has 1 fully saturated rings. The molecule has 0 radical (unpaired) electrons. The number of para-hydroxylation sites is 2. The first kappa shape index (κ1) is 16.3. The third kappa shape index (κ3) is 3.34. The molecular formula is C17H21N3O4. The molecule has 3 rings (SSSR count). The largest absolute Gasteiger partial charge is 0.479 e. The smallest absolute Gasteiger partial charge is 0.267 e. The van der Waals surface area contributed by atoms with Gasteiger partial charge in [0.25, 0.3) is 5.91 Å². The van der Waals surface area contributed by atoms with Crippen molar-refractivity contribution in [2.45, 2.75) is 38.3 Å². The molecule has 2 aliphatic heterocycles. The lowest BCUT2D eigenvalue weighted by Gasteiger charge is -2.33. The Bertz CT molecular complexity index is 661. The van der Waals surface area contributed by atoms with E-state index in [1.165, 1.54) is 0 Å². The lowest BCUT2D eigenvalue weighted by molar-refractivity contribution is -0.130. The normalized spacial score (nSPS) is 23.1. The van der Waals surface area contributed by atoms with Gasteiger partial charge in [-0.2, -0.15) is 0 Å². The Labute approximate surface area is 140 Å². The van der Waals surface area contributed by atoms with Crippen LogP contribution in [0.4, 0.5) is 5.69 Å². The number of benzene rings is 1. The summed E-state index contributed by atoms with van der Waals surface area (Å²) < 4.78 is 5.57. The molecule has 0 aromatic heterocycles. The molecule has 3 amide bonds. The Morgan fingerprint density at radius 2 is 2.17 bits per heavy atom. The standard InChI is InChI=1S/C17H21N3O4/c1-11-17(23)20(13-6-2-3-7-14(13)24-11)10-8-15(21)19-12-5-4-9-18-16(12)22/h2-3,6-7,11-12H,4-5,8-10H2,1H3,(H,18,22)(H,19,21)/t11-,12+/m1/s1. The van der Waals surface area contributed by atoms with Crippen molar-refractivity contribution in [1.29, 1.82) is 0 Å². The molecule has 2 aliphatic rings. The second-order valence-electron chi connectivity index (χ2n) is 6.02. The van der Waals surface area contributed by atoms with E-state index in [4.69, 9.17) is 4.74 Å². The number of ether oxygens (including phenoxy) is 1. The molecule has 0 spiro atoms. The number of piperidine rings is 1. The summed E-state index contributed by atoms with van der Waals surface area (Å²) in [6.45, 7) is 2.60. The molecule has 0 aliphatic carbocycles. The van der Waals surface area contributed by atoms with Crippen LogP contribution < -0.4 is 20.3 Å². The summed E-state index contributed by atoms with van der Waals surface area (Å²) in [4.78, 5) is 37.7. The van der Waals surface area contributed by atoms with E-state index in [9.17, 15) is 14.4 Å². The highest BCUT2D eigenvalue weighted by atomic mass is 16.5. The first-order valence-electron chi connectivity index (χ1n) is 8.20. The number of nitrogens with zero attached hydrogens (tertiary/aromatic N) is 1. The summed E-state index contributed by atoms with van der Waals surface area (Å²) in [6.07, 6.45) is 1.06. The number of hydrogen-bond acceptors (Lipinski definition) is 4. The minimum Gasteiger partial charge on any atom is -0.479 e. The maximum Gasteiger partial charge on any atom is 0.267 e. The van der Waals surface area contributed by atoms with E-state index in [2.05, 4.69) is 10.6 Å². The van der Waals surface area contributed by atoms with Gasteiger partial charge in [-0.1, -0.05) is 12.1 Å². The van der Waals surface area contributed by atoms with Crippen molar-refractivity contribution in [3.63, 3.8) is 0 Å². The molecule has 1 aromatic carbocycles. The van der Waals surface area contributed by atoms with Gasteiger partial charge in [-0.25, -0.2) is 0 Å². The van der Waals surface area contributed by atoms with Crippen LogP contribution >= 0.6 is 0 Å². The molecule has 2 heterocycles. The topological polar surface area (TPSA) is 87.7 Å². The zero-order valence-corrected chi connectivity index (χ0v) is 13.6. The minimum absolute atomic E-state index is 0.135. The molecule has 2 atom stereocenters. The van der Waals surface area contributed by atoms with Gasteiger partial charge in [-0.05, 0) is 31.9 Å². The van der Waals surface area contributed by atoms with Crippen molar-refractivity contribution in [2.75, 3.05) is 18.0 Å². The number of hydrogen-bond donors (Lipinski definition) is 2. The number of fused-ring (bicyclic) bond motifs is 1. The molecule has 1 aromatic rings. The van der Waals surface area contributed by atoms with Gasteiger partial charge in [-0.15, -0.1) is 0 Å². The van der Waals surface area contributed by atoms with Crippen molar-refractivity contribution in [1.82, 2.24) is 10.6 Å². The Balaban J connectivity index is 1.62. The van der Waals surface area contributed by atoms with Crippen molar-refractivity contribution >= 4 is 23.4 Å². The highest BCUT2D eigenvalue weighted by molar-refractivity contribution is 6.00. The first-order valence-corrected chi connectivity index (χ1v) is 8.20. The zero-order chi connectivity index (χ0) is 17.1. The molecular weight excluding hydrogens is 310 g/mol. The highest BCUT2D eigenvalue weighted by Gasteiger charge is 2.31. The zero-order valence-electron chi connectivity index (χ0n) is 13.6. The van der Waals surface area contributed by atoms with Crippen molar-refractivity contribution in [3.8, 4) is 5.75 Å². The Morgan fingerprint density at radius 3 is 2.96 bits per heavy atom. The number of anilines is 1. The molecule has 0 saturated carbocycles. The van der Waals surface area contributed by atoms with Crippen molar-refractivity contribution < 1.29 is 19.1 Å². The molecule has 128 valence electrons. The predicted molar refractivity (Wildman–Crippen MR) is 87.7 cm³/mol. The maximum atomic E-state index is 12.3. The van der Waals surface area contributed by atoms with Gasteiger partial charge >= 0.3 is 0 Å². The minimum atomic E-state index is -0.577. The molecule has 0 bridgehead atoms. The molecule has 7 nitrogen and oxygen atoms in total. The highest BCUT2D eigenvalue weighted by Crippen LogP contribution is 2.33. The van der Waals surface area contributed by atoms with E-state index in [0.717, 1.165) is 6.42 Å². The number of carbonyl (C=O) groups is 3. The van der Waals surface area contributed by atoms with E-state index in [1.54, 1.807) is 24.0 Å². The second kappa shape index (κ2) is 6.90. The quantitative estimate of drug-likeness (QED) is 0.845. The van der Waals surface area contributed by atoms with E-state index in [0.29, 0.717) is 24.4 Å². The van der Waals surface area contributed by atoms with Crippen LogP contribution in [0.3, 0.4) is 0 Å². The third-order valence-electron chi connectivity index (χ3n) is 4.26. The number of amides is 3. The Kier molecular flexibility index (Phi) is 4.69. The Hall–Kier alpha value is -2.57. The summed E-state index contributed by atoms with van der Waals surface area (Å²) in [5.41, 5.74) is 0.670. The van der Waals surface area contributed by atoms with Crippen LogP contribution in [0.1, 0.15) is 26.2 Å². The number of carbonyl (C=O) groups excluding carboxylic acids is 3. The van der Waals surface area contributed by atoms with Gasteiger partial charge < -0.3 is 20.3 Å².